The van der Waals surface area contributed by atoms with Gasteiger partial charge in [-0.25, -0.2) is 17.2 Å². The lowest BCUT2D eigenvalue weighted by atomic mass is 10.1. The van der Waals surface area contributed by atoms with E-state index >= 15 is 0 Å². The molecule has 0 fully saturated rings. The molecular weight excluding hydrogens is 382 g/mol. The van der Waals surface area contributed by atoms with Gasteiger partial charge in [0.15, 0.2) is 11.5 Å². The molecule has 0 bridgehead atoms. The summed E-state index contributed by atoms with van der Waals surface area (Å²) in [4.78, 5) is 22.6. The van der Waals surface area contributed by atoms with Crippen molar-refractivity contribution in [3.63, 3.8) is 0 Å². The summed E-state index contributed by atoms with van der Waals surface area (Å²) in [5, 5.41) is 0. The number of ether oxygens (including phenoxy) is 1. The molecule has 10 heteroatoms. The Hall–Kier alpha value is -2.59. The Bertz CT molecular complexity index is 979. The van der Waals surface area contributed by atoms with Gasteiger partial charge in [0.25, 0.3) is 0 Å². The molecule has 146 valence electrons. The van der Waals surface area contributed by atoms with Crippen LogP contribution < -0.4 is 4.72 Å². The third-order valence-electron chi connectivity index (χ3n) is 4.03. The highest BCUT2D eigenvalue weighted by Crippen LogP contribution is 2.18. The maximum absolute atomic E-state index is 13.6. The van der Waals surface area contributed by atoms with Crippen LogP contribution in [0, 0.1) is 25.5 Å². The fourth-order valence-corrected chi connectivity index (χ4v) is 3.48. The van der Waals surface area contributed by atoms with Gasteiger partial charge in [0.1, 0.15) is 18.2 Å². The normalized spacial score (nSPS) is 11.4. The first kappa shape index (κ1) is 20.7. The van der Waals surface area contributed by atoms with E-state index < -0.39 is 51.5 Å². The molecule has 0 saturated heterocycles. The number of sulfonamides is 1. The molecule has 1 heterocycles. The van der Waals surface area contributed by atoms with Crippen molar-refractivity contribution in [2.24, 2.45) is 7.05 Å². The van der Waals surface area contributed by atoms with E-state index in [2.05, 4.69) is 0 Å². The standard InChI is InChI=1S/C17H18F2N2O5S/c1-10-7-12(11(2)21(10)3)15(22)9-26-16(23)8-20-27(24,25)17-13(18)5-4-6-14(17)19/h4-7,20H,8-9H2,1-3H3. The van der Waals surface area contributed by atoms with Gasteiger partial charge >= 0.3 is 5.97 Å². The lowest BCUT2D eigenvalue weighted by Gasteiger charge is -2.09. The topological polar surface area (TPSA) is 94.5 Å². The van der Waals surface area contributed by atoms with E-state index in [0.717, 1.165) is 23.9 Å². The van der Waals surface area contributed by atoms with Crippen molar-refractivity contribution < 1.29 is 31.5 Å². The quantitative estimate of drug-likeness (QED) is 0.563. The van der Waals surface area contributed by atoms with Gasteiger partial charge in [-0.1, -0.05) is 6.07 Å². The van der Waals surface area contributed by atoms with Crippen LogP contribution in [0.5, 0.6) is 0 Å². The van der Waals surface area contributed by atoms with Gasteiger partial charge in [-0.2, -0.15) is 4.72 Å². The maximum Gasteiger partial charge on any atom is 0.321 e. The number of halogens is 2. The first-order valence-corrected chi connectivity index (χ1v) is 9.28. The number of rotatable bonds is 7. The molecule has 0 amide bonds. The average molecular weight is 400 g/mol. The van der Waals surface area contributed by atoms with Gasteiger partial charge in [0.2, 0.25) is 15.8 Å². The highest BCUT2D eigenvalue weighted by molar-refractivity contribution is 7.89. The maximum atomic E-state index is 13.6. The number of hydrogen-bond acceptors (Lipinski definition) is 5. The number of aromatic nitrogens is 1. The monoisotopic (exact) mass is 400 g/mol. The summed E-state index contributed by atoms with van der Waals surface area (Å²) in [7, 11) is -2.82. The van der Waals surface area contributed by atoms with E-state index in [1.54, 1.807) is 29.3 Å². The Morgan fingerprint density at radius 1 is 1.19 bits per heavy atom. The zero-order chi connectivity index (χ0) is 20.4. The second-order valence-electron chi connectivity index (χ2n) is 5.80. The molecule has 27 heavy (non-hydrogen) atoms. The molecule has 7 nitrogen and oxygen atoms in total. The molecule has 2 rings (SSSR count). The third kappa shape index (κ3) is 4.58. The number of Topliss-reactive ketones (excluding diaryl/α,β-unsaturated/α-hetero) is 1. The van der Waals surface area contributed by atoms with E-state index in [1.165, 1.54) is 0 Å². The molecule has 1 N–H and O–H groups in total. The Kier molecular flexibility index (Phi) is 6.11. The van der Waals surface area contributed by atoms with Crippen LogP contribution in [0.25, 0.3) is 0 Å². The predicted molar refractivity (Wildman–Crippen MR) is 91.7 cm³/mol. The van der Waals surface area contributed by atoms with Crippen LogP contribution in [0.2, 0.25) is 0 Å². The molecule has 0 aliphatic heterocycles. The van der Waals surface area contributed by atoms with Crippen molar-refractivity contribution in [3.8, 4) is 0 Å². The van der Waals surface area contributed by atoms with Crippen LogP contribution in [-0.2, 0) is 26.6 Å². The van der Waals surface area contributed by atoms with Gasteiger partial charge < -0.3 is 9.30 Å². The Morgan fingerprint density at radius 3 is 2.30 bits per heavy atom. The number of hydrogen-bond donors (Lipinski definition) is 1. The lowest BCUT2D eigenvalue weighted by molar-refractivity contribution is -0.141. The second-order valence-corrected chi connectivity index (χ2v) is 7.51. The fraction of sp³-hybridized carbons (Fsp3) is 0.294. The summed E-state index contributed by atoms with van der Waals surface area (Å²) in [5.41, 5.74) is 1.93. The summed E-state index contributed by atoms with van der Waals surface area (Å²) in [5.74, 6) is -4.09. The van der Waals surface area contributed by atoms with Gasteiger partial charge in [-0.05, 0) is 32.0 Å². The summed E-state index contributed by atoms with van der Waals surface area (Å²) in [6, 6.07) is 4.21. The molecule has 0 unspecified atom stereocenters. The molecular formula is C17H18F2N2O5S. The molecule has 1 aromatic carbocycles. The fourth-order valence-electron chi connectivity index (χ4n) is 2.38. The number of nitrogens with one attached hydrogen (secondary N) is 1. The largest absolute Gasteiger partial charge is 0.456 e. The van der Waals surface area contributed by atoms with Gasteiger partial charge in [-0.15, -0.1) is 0 Å². The number of benzene rings is 1. The Labute approximate surface area is 155 Å². The van der Waals surface area contributed by atoms with E-state index in [1.807, 2.05) is 6.92 Å². The minimum Gasteiger partial charge on any atom is -0.456 e. The van der Waals surface area contributed by atoms with Crippen LogP contribution in [-0.4, -0.2) is 37.9 Å². The lowest BCUT2D eigenvalue weighted by Crippen LogP contribution is -2.32. The molecule has 2 aromatic rings. The summed E-state index contributed by atoms with van der Waals surface area (Å²) < 4.78 is 59.3. The van der Waals surface area contributed by atoms with E-state index in [4.69, 9.17) is 4.74 Å². The molecule has 0 aliphatic rings. The van der Waals surface area contributed by atoms with Crippen molar-refractivity contribution in [2.75, 3.05) is 13.2 Å². The molecule has 0 radical (unpaired) electrons. The molecule has 0 aliphatic carbocycles. The number of ketones is 1. The minimum absolute atomic E-state index is 0.386. The van der Waals surface area contributed by atoms with E-state index in [0.29, 0.717) is 11.3 Å². The van der Waals surface area contributed by atoms with E-state index in [-0.39, 0.29) is 0 Å². The zero-order valence-corrected chi connectivity index (χ0v) is 15.7. The van der Waals surface area contributed by atoms with Crippen LogP contribution in [0.4, 0.5) is 8.78 Å². The van der Waals surface area contributed by atoms with Crippen LogP contribution >= 0.6 is 0 Å². The van der Waals surface area contributed by atoms with E-state index in [9.17, 15) is 26.8 Å². The number of nitrogens with zero attached hydrogens (tertiary/aromatic N) is 1. The van der Waals surface area contributed by atoms with Crippen LogP contribution in [0.1, 0.15) is 21.7 Å². The molecule has 0 spiro atoms. The first-order valence-electron chi connectivity index (χ1n) is 7.80. The number of esters is 1. The first-order chi connectivity index (χ1) is 12.5. The van der Waals surface area contributed by atoms with Gasteiger partial charge in [-0.3, -0.25) is 9.59 Å². The van der Waals surface area contributed by atoms with Crippen LogP contribution in [0.15, 0.2) is 29.2 Å². The summed E-state index contributed by atoms with van der Waals surface area (Å²) >= 11 is 0. The number of carbonyl (C=O) groups excluding carboxylic acids is 2. The molecule has 0 saturated carbocycles. The van der Waals surface area contributed by atoms with Gasteiger partial charge in [0.05, 0.1) is 0 Å². The van der Waals surface area contributed by atoms with Crippen molar-refractivity contribution in [3.05, 3.63) is 52.9 Å². The summed E-state index contributed by atoms with van der Waals surface area (Å²) in [6.07, 6.45) is 0. The molecule has 1 aromatic heterocycles. The third-order valence-corrected chi connectivity index (χ3v) is 5.49. The highest BCUT2D eigenvalue weighted by Gasteiger charge is 2.25. The molecule has 0 atom stereocenters. The number of aryl methyl sites for hydroxylation is 1. The zero-order valence-electron chi connectivity index (χ0n) is 14.9. The van der Waals surface area contributed by atoms with Crippen molar-refractivity contribution >= 4 is 21.8 Å². The Morgan fingerprint density at radius 2 is 1.78 bits per heavy atom. The SMILES string of the molecule is Cc1cc(C(=O)COC(=O)CNS(=O)(=O)c2c(F)cccc2F)c(C)n1C. The highest BCUT2D eigenvalue weighted by atomic mass is 32.2. The van der Waals surface area contributed by atoms with Crippen molar-refractivity contribution in [2.45, 2.75) is 18.7 Å². The smallest absolute Gasteiger partial charge is 0.321 e. The average Bonchev–Trinajstić information content (AvgIpc) is 2.85. The number of carbonyl (C=O) groups is 2. The van der Waals surface area contributed by atoms with Crippen molar-refractivity contribution in [1.29, 1.82) is 0 Å². The Balaban J connectivity index is 1.96. The van der Waals surface area contributed by atoms with Gasteiger partial charge in [0, 0.05) is 24.0 Å². The predicted octanol–water partition coefficient (Wildman–Crippen LogP) is 1.62. The summed E-state index contributed by atoms with van der Waals surface area (Å²) in [6.45, 7) is 2.08. The van der Waals surface area contributed by atoms with Crippen molar-refractivity contribution in [1.82, 2.24) is 9.29 Å². The minimum atomic E-state index is -4.61. The second kappa shape index (κ2) is 7.97. The van der Waals surface area contributed by atoms with Crippen LogP contribution in [0.3, 0.4) is 0 Å².